The highest BCUT2D eigenvalue weighted by Gasteiger charge is 2.42. The number of hydrogen-bond donors (Lipinski definition) is 2. The number of likely N-dealkylation sites (tertiary alicyclic amines) is 1. The Kier molecular flexibility index (Phi) is 6.99. The van der Waals surface area contributed by atoms with Crippen LogP contribution in [0, 0.1) is 0 Å². The summed E-state index contributed by atoms with van der Waals surface area (Å²) in [6, 6.07) is 18.7. The van der Waals surface area contributed by atoms with Gasteiger partial charge in [0, 0.05) is 20.1 Å². The number of fused-ring (bicyclic) bond motifs is 2. The maximum atomic E-state index is 13.8. The molecule has 2 aliphatic rings. The van der Waals surface area contributed by atoms with Crippen LogP contribution in [0.25, 0.3) is 0 Å². The fourth-order valence-electron chi connectivity index (χ4n) is 4.90. The number of anilines is 2. The van der Waals surface area contributed by atoms with Crippen LogP contribution in [0.5, 0.6) is 17.2 Å². The number of benzene rings is 3. The van der Waals surface area contributed by atoms with Gasteiger partial charge in [0.1, 0.15) is 15.7 Å². The summed E-state index contributed by atoms with van der Waals surface area (Å²) in [6.45, 7) is 0.878. The van der Waals surface area contributed by atoms with Crippen molar-refractivity contribution in [2.45, 2.75) is 29.4 Å². The largest absolute Gasteiger partial charge is 0.573 e. The lowest BCUT2D eigenvalue weighted by Gasteiger charge is -2.47. The van der Waals surface area contributed by atoms with Gasteiger partial charge in [-0.3, -0.25) is 0 Å². The molecule has 3 aromatic rings. The minimum Gasteiger partial charge on any atom is -0.453 e. The standard InChI is InChI=1S/C26H27F3N4O4S/c1-30-38(35,18-13-11-17(12-14-18)37-26(27,28)29)31-19-15-32(2)16-22(25(19)34)33-20-7-3-5-9-23(20)36-24-10-6-4-8-21(24)33/h3-14,19,22,25,34H,15-16H2,1-2H3,(H,30,31,35). The summed E-state index contributed by atoms with van der Waals surface area (Å²) in [5.74, 6) is 0.885. The summed E-state index contributed by atoms with van der Waals surface area (Å²) < 4.78 is 68.6. The molecule has 0 radical (unpaired) electrons. The number of halogens is 3. The highest BCUT2D eigenvalue weighted by atomic mass is 32.2. The van der Waals surface area contributed by atoms with Gasteiger partial charge < -0.3 is 24.4 Å². The summed E-state index contributed by atoms with van der Waals surface area (Å²) in [5, 5.41) is 11.6. The molecule has 202 valence electrons. The van der Waals surface area contributed by atoms with Gasteiger partial charge in [0.05, 0.1) is 34.5 Å². The SMILES string of the molecule is CN=S(=O)(NC1CN(C)CC(N2c3ccccc3Oc3ccccc32)C1O)c1ccc(OC(F)(F)F)cc1. The van der Waals surface area contributed by atoms with Crippen LogP contribution in [0.4, 0.5) is 24.5 Å². The number of likely N-dealkylation sites (N-methyl/N-ethyl adjacent to an activating group) is 1. The molecule has 1 saturated heterocycles. The topological polar surface area (TPSA) is 86.6 Å². The lowest BCUT2D eigenvalue weighted by molar-refractivity contribution is -0.274. The van der Waals surface area contributed by atoms with E-state index in [1.807, 2.05) is 65.4 Å². The lowest BCUT2D eigenvalue weighted by Crippen LogP contribution is -2.64. The number of nitrogens with one attached hydrogen (secondary N) is 1. The molecular formula is C26H27F3N4O4S. The van der Waals surface area contributed by atoms with Crippen LogP contribution in [-0.2, 0) is 9.92 Å². The summed E-state index contributed by atoms with van der Waals surface area (Å²) >= 11 is 0. The predicted molar refractivity (Wildman–Crippen MR) is 137 cm³/mol. The Bertz CT molecular complexity index is 1380. The van der Waals surface area contributed by atoms with E-state index < -0.39 is 40.2 Å². The Morgan fingerprint density at radius 1 is 1.00 bits per heavy atom. The molecule has 0 aromatic heterocycles. The molecule has 5 rings (SSSR count). The second-order valence-electron chi connectivity index (χ2n) is 9.14. The van der Waals surface area contributed by atoms with Crippen molar-refractivity contribution in [3.05, 3.63) is 72.8 Å². The number of aliphatic hydroxyl groups excluding tert-OH is 1. The Morgan fingerprint density at radius 2 is 1.58 bits per heavy atom. The van der Waals surface area contributed by atoms with Gasteiger partial charge in [-0.15, -0.1) is 13.2 Å². The number of ether oxygens (including phenoxy) is 2. The second-order valence-corrected chi connectivity index (χ2v) is 11.3. The summed E-state index contributed by atoms with van der Waals surface area (Å²) in [7, 11) is -0.0247. The molecule has 4 atom stereocenters. The van der Waals surface area contributed by atoms with E-state index in [1.165, 1.54) is 19.2 Å². The monoisotopic (exact) mass is 548 g/mol. The Hall–Kier alpha value is -3.32. The Labute approximate surface area is 218 Å². The van der Waals surface area contributed by atoms with E-state index >= 15 is 0 Å². The summed E-state index contributed by atoms with van der Waals surface area (Å²) in [6.07, 6.45) is -5.82. The third-order valence-electron chi connectivity index (χ3n) is 6.56. The van der Waals surface area contributed by atoms with Crippen molar-refractivity contribution in [3.63, 3.8) is 0 Å². The van der Waals surface area contributed by atoms with E-state index in [0.29, 0.717) is 24.6 Å². The predicted octanol–water partition coefficient (Wildman–Crippen LogP) is 4.53. The van der Waals surface area contributed by atoms with Crippen LogP contribution in [0.3, 0.4) is 0 Å². The highest BCUT2D eigenvalue weighted by Crippen LogP contribution is 2.48. The van der Waals surface area contributed by atoms with E-state index in [2.05, 4.69) is 13.8 Å². The van der Waals surface area contributed by atoms with E-state index in [-0.39, 0.29) is 4.90 Å². The fourth-order valence-corrected chi connectivity index (χ4v) is 6.48. The average Bonchev–Trinajstić information content (AvgIpc) is 2.88. The number of alkyl halides is 3. The molecule has 2 heterocycles. The van der Waals surface area contributed by atoms with Crippen molar-refractivity contribution in [1.82, 2.24) is 9.62 Å². The molecule has 3 aromatic carbocycles. The average molecular weight is 549 g/mol. The molecule has 12 heteroatoms. The molecule has 0 bridgehead atoms. The zero-order chi connectivity index (χ0) is 27.1. The molecule has 0 aliphatic carbocycles. The van der Waals surface area contributed by atoms with Crippen molar-refractivity contribution in [1.29, 1.82) is 0 Å². The molecule has 0 amide bonds. The summed E-state index contributed by atoms with van der Waals surface area (Å²) in [5.41, 5.74) is 1.59. The van der Waals surface area contributed by atoms with Gasteiger partial charge >= 0.3 is 6.36 Å². The van der Waals surface area contributed by atoms with Gasteiger partial charge in [-0.05, 0) is 55.6 Å². The molecule has 4 unspecified atom stereocenters. The molecule has 2 aliphatic heterocycles. The van der Waals surface area contributed by atoms with Crippen molar-refractivity contribution in [2.75, 3.05) is 32.1 Å². The molecule has 0 spiro atoms. The number of rotatable bonds is 5. The molecule has 0 saturated carbocycles. The van der Waals surface area contributed by atoms with Gasteiger partial charge in [0.15, 0.2) is 11.5 Å². The van der Waals surface area contributed by atoms with Crippen molar-refractivity contribution < 1.29 is 32.0 Å². The normalized spacial score (nSPS) is 23.0. The number of piperidine rings is 1. The lowest BCUT2D eigenvalue weighted by atomic mass is 9.95. The first-order valence-electron chi connectivity index (χ1n) is 11.9. The van der Waals surface area contributed by atoms with Crippen LogP contribution in [0.1, 0.15) is 0 Å². The third-order valence-corrected chi connectivity index (χ3v) is 8.61. The van der Waals surface area contributed by atoms with Crippen LogP contribution < -0.4 is 19.1 Å². The van der Waals surface area contributed by atoms with E-state index in [0.717, 1.165) is 23.5 Å². The number of para-hydroxylation sites is 4. The van der Waals surface area contributed by atoms with Crippen LogP contribution in [-0.4, -0.2) is 66.0 Å². The quantitative estimate of drug-likeness (QED) is 0.487. The first-order valence-corrected chi connectivity index (χ1v) is 13.4. The first kappa shape index (κ1) is 26.3. The Morgan fingerprint density at radius 3 is 2.13 bits per heavy atom. The zero-order valence-electron chi connectivity index (χ0n) is 20.6. The molecule has 8 nitrogen and oxygen atoms in total. The fraction of sp³-hybridized carbons (Fsp3) is 0.308. The number of hydrogen-bond acceptors (Lipinski definition) is 7. The molecule has 38 heavy (non-hydrogen) atoms. The minimum absolute atomic E-state index is 0.175. The van der Waals surface area contributed by atoms with Crippen molar-refractivity contribution in [2.24, 2.45) is 4.36 Å². The van der Waals surface area contributed by atoms with Gasteiger partial charge in [-0.2, -0.15) is 0 Å². The van der Waals surface area contributed by atoms with Crippen molar-refractivity contribution >= 4 is 21.3 Å². The van der Waals surface area contributed by atoms with Gasteiger partial charge in [-0.25, -0.2) is 13.3 Å². The minimum atomic E-state index is -4.83. The van der Waals surface area contributed by atoms with Crippen molar-refractivity contribution in [3.8, 4) is 17.2 Å². The summed E-state index contributed by atoms with van der Waals surface area (Å²) in [4.78, 5) is 4.23. The molecular weight excluding hydrogens is 521 g/mol. The zero-order valence-corrected chi connectivity index (χ0v) is 21.4. The second kappa shape index (κ2) is 10.1. The molecule has 1 fully saturated rings. The number of aliphatic hydroxyl groups is 1. The maximum absolute atomic E-state index is 13.8. The van der Waals surface area contributed by atoms with Crippen LogP contribution >= 0.6 is 0 Å². The Balaban J connectivity index is 1.45. The van der Waals surface area contributed by atoms with E-state index in [9.17, 15) is 22.5 Å². The number of nitrogens with zero attached hydrogens (tertiary/aromatic N) is 3. The van der Waals surface area contributed by atoms with E-state index in [4.69, 9.17) is 4.74 Å². The molecule has 2 N–H and O–H groups in total. The van der Waals surface area contributed by atoms with Gasteiger partial charge in [0.2, 0.25) is 0 Å². The van der Waals surface area contributed by atoms with E-state index in [1.54, 1.807) is 0 Å². The van der Waals surface area contributed by atoms with Crippen LogP contribution in [0.2, 0.25) is 0 Å². The highest BCUT2D eigenvalue weighted by molar-refractivity contribution is 7.91. The third kappa shape index (κ3) is 5.17. The maximum Gasteiger partial charge on any atom is 0.573 e. The first-order chi connectivity index (χ1) is 18.1. The smallest absolute Gasteiger partial charge is 0.453 e. The van der Waals surface area contributed by atoms with Gasteiger partial charge in [-0.1, -0.05) is 24.3 Å². The van der Waals surface area contributed by atoms with Gasteiger partial charge in [0.25, 0.3) is 0 Å². The van der Waals surface area contributed by atoms with Crippen LogP contribution in [0.15, 0.2) is 82.1 Å².